The molecule has 0 N–H and O–H groups in total. The third-order valence-corrected chi connectivity index (χ3v) is 1.66. The lowest BCUT2D eigenvalue weighted by atomic mass is 10.1. The predicted octanol–water partition coefficient (Wildman–Crippen LogP) is 4.52. The van der Waals surface area contributed by atoms with Crippen LogP contribution in [0.1, 0.15) is 20.3 Å². The molecular weight excluding hydrogens is 196 g/mol. The van der Waals surface area contributed by atoms with Crippen LogP contribution in [0.15, 0.2) is 48.5 Å². The van der Waals surface area contributed by atoms with Crippen molar-refractivity contribution in [2.75, 3.05) is 14.2 Å². The molecule has 2 aromatic rings. The summed E-state index contributed by atoms with van der Waals surface area (Å²) in [6.45, 7) is 4.25. The van der Waals surface area contributed by atoms with Crippen LogP contribution in [0, 0.1) is 0 Å². The van der Waals surface area contributed by atoms with Gasteiger partial charge in [-0.05, 0) is 10.8 Å². The van der Waals surface area contributed by atoms with E-state index in [0.717, 1.165) is 0 Å². The van der Waals surface area contributed by atoms with Gasteiger partial charge in [-0.25, -0.2) is 0 Å². The van der Waals surface area contributed by atoms with Gasteiger partial charge in [-0.15, -0.1) is 0 Å². The summed E-state index contributed by atoms with van der Waals surface area (Å²) >= 11 is 0. The summed E-state index contributed by atoms with van der Waals surface area (Å²) in [6, 6.07) is 16.7. The Morgan fingerprint density at radius 1 is 0.750 bits per heavy atom. The molecule has 0 aliphatic heterocycles. The molecule has 0 saturated heterocycles. The molecule has 88 valence electrons. The number of benzene rings is 2. The van der Waals surface area contributed by atoms with Crippen molar-refractivity contribution in [1.29, 1.82) is 0 Å². The Morgan fingerprint density at radius 2 is 0.938 bits per heavy atom. The van der Waals surface area contributed by atoms with Gasteiger partial charge in [-0.1, -0.05) is 68.8 Å². The molecule has 0 bridgehead atoms. The van der Waals surface area contributed by atoms with Gasteiger partial charge in [0.1, 0.15) is 0 Å². The van der Waals surface area contributed by atoms with Crippen LogP contribution in [-0.2, 0) is 4.74 Å². The van der Waals surface area contributed by atoms with Crippen molar-refractivity contribution >= 4 is 10.8 Å². The first kappa shape index (κ1) is 14.7. The average Bonchev–Trinajstić information content (AvgIpc) is 2.31. The minimum absolute atomic E-state index is 1.25. The SMILES string of the molecule is CCC.COC.c1ccc2ccccc2c1. The molecular formula is C15H22O. The molecule has 16 heavy (non-hydrogen) atoms. The molecule has 0 spiro atoms. The van der Waals surface area contributed by atoms with Gasteiger partial charge < -0.3 is 4.74 Å². The molecule has 2 aromatic carbocycles. The van der Waals surface area contributed by atoms with Gasteiger partial charge in [0.15, 0.2) is 0 Å². The molecule has 0 radical (unpaired) electrons. The van der Waals surface area contributed by atoms with Gasteiger partial charge in [0.2, 0.25) is 0 Å². The second-order valence-corrected chi connectivity index (χ2v) is 3.46. The number of fused-ring (bicyclic) bond motifs is 1. The van der Waals surface area contributed by atoms with Gasteiger partial charge in [0.05, 0.1) is 0 Å². The van der Waals surface area contributed by atoms with E-state index in [-0.39, 0.29) is 0 Å². The highest BCUT2D eigenvalue weighted by Crippen LogP contribution is 2.11. The topological polar surface area (TPSA) is 9.23 Å². The summed E-state index contributed by atoms with van der Waals surface area (Å²) in [4.78, 5) is 0. The fraction of sp³-hybridized carbons (Fsp3) is 0.333. The first-order chi connectivity index (χ1) is 7.79. The highest BCUT2D eigenvalue weighted by atomic mass is 16.4. The normalized spacial score (nSPS) is 8.50. The second kappa shape index (κ2) is 10.2. The van der Waals surface area contributed by atoms with Gasteiger partial charge in [0, 0.05) is 14.2 Å². The fourth-order valence-corrected chi connectivity index (χ4v) is 1.13. The zero-order valence-corrected chi connectivity index (χ0v) is 10.7. The van der Waals surface area contributed by atoms with Crippen molar-refractivity contribution in [2.24, 2.45) is 0 Å². The molecule has 0 fully saturated rings. The molecule has 0 saturated carbocycles. The fourth-order valence-electron chi connectivity index (χ4n) is 1.13. The Balaban J connectivity index is 0.000000321. The van der Waals surface area contributed by atoms with E-state index in [4.69, 9.17) is 0 Å². The van der Waals surface area contributed by atoms with E-state index in [0.29, 0.717) is 0 Å². The summed E-state index contributed by atoms with van der Waals surface area (Å²) in [7, 11) is 3.25. The first-order valence-electron chi connectivity index (χ1n) is 5.64. The number of ether oxygens (including phenoxy) is 1. The van der Waals surface area contributed by atoms with Crippen molar-refractivity contribution in [3.63, 3.8) is 0 Å². The quantitative estimate of drug-likeness (QED) is 0.631. The largest absolute Gasteiger partial charge is 0.388 e. The zero-order valence-electron chi connectivity index (χ0n) is 10.7. The van der Waals surface area contributed by atoms with E-state index in [9.17, 15) is 0 Å². The Morgan fingerprint density at radius 3 is 1.12 bits per heavy atom. The standard InChI is InChI=1S/C10H8.C3H8.C2H6O/c1-2-6-10-8-4-3-7-9(10)5-1;2*1-3-2/h1-8H;3H2,1-2H3;1-2H3. The van der Waals surface area contributed by atoms with E-state index >= 15 is 0 Å². The lowest BCUT2D eigenvalue weighted by Gasteiger charge is -1.92. The molecule has 0 aliphatic carbocycles. The maximum absolute atomic E-state index is 4.25. The Labute approximate surface area is 99.1 Å². The van der Waals surface area contributed by atoms with Crippen LogP contribution in [0.4, 0.5) is 0 Å². The van der Waals surface area contributed by atoms with Crippen LogP contribution in [-0.4, -0.2) is 14.2 Å². The number of hydrogen-bond donors (Lipinski definition) is 0. The lowest BCUT2D eigenvalue weighted by Crippen LogP contribution is -1.67. The maximum Gasteiger partial charge on any atom is 0.0351 e. The van der Waals surface area contributed by atoms with Crippen LogP contribution in [0.25, 0.3) is 10.8 Å². The summed E-state index contributed by atoms with van der Waals surface area (Å²) in [6.07, 6.45) is 1.25. The van der Waals surface area contributed by atoms with E-state index < -0.39 is 0 Å². The van der Waals surface area contributed by atoms with Gasteiger partial charge in [-0.3, -0.25) is 0 Å². The third-order valence-electron chi connectivity index (χ3n) is 1.66. The Hall–Kier alpha value is -1.34. The molecule has 0 unspecified atom stereocenters. The monoisotopic (exact) mass is 218 g/mol. The summed E-state index contributed by atoms with van der Waals surface area (Å²) < 4.78 is 4.25. The smallest absolute Gasteiger partial charge is 0.0351 e. The van der Waals surface area contributed by atoms with E-state index in [1.807, 2.05) is 0 Å². The molecule has 0 heterocycles. The molecule has 0 aromatic heterocycles. The minimum Gasteiger partial charge on any atom is -0.388 e. The van der Waals surface area contributed by atoms with E-state index in [1.54, 1.807) is 14.2 Å². The van der Waals surface area contributed by atoms with Crippen LogP contribution in [0.5, 0.6) is 0 Å². The van der Waals surface area contributed by atoms with Crippen molar-refractivity contribution in [3.05, 3.63) is 48.5 Å². The van der Waals surface area contributed by atoms with E-state index in [2.05, 4.69) is 67.1 Å². The Bertz CT molecular complexity index is 301. The predicted molar refractivity (Wildman–Crippen MR) is 72.8 cm³/mol. The summed E-state index contributed by atoms with van der Waals surface area (Å²) in [5.74, 6) is 0. The highest BCUT2D eigenvalue weighted by Gasteiger charge is 1.85. The Kier molecular flexibility index (Phi) is 9.33. The highest BCUT2D eigenvalue weighted by molar-refractivity contribution is 5.81. The van der Waals surface area contributed by atoms with Crippen molar-refractivity contribution in [2.45, 2.75) is 20.3 Å². The third kappa shape index (κ3) is 6.20. The molecule has 0 aliphatic rings. The summed E-state index contributed by atoms with van der Waals surface area (Å²) in [5.41, 5.74) is 0. The number of hydrogen-bond acceptors (Lipinski definition) is 1. The van der Waals surface area contributed by atoms with E-state index in [1.165, 1.54) is 17.2 Å². The van der Waals surface area contributed by atoms with Crippen LogP contribution < -0.4 is 0 Å². The number of rotatable bonds is 0. The number of methoxy groups -OCH3 is 1. The van der Waals surface area contributed by atoms with Crippen LogP contribution >= 0.6 is 0 Å². The molecule has 0 atom stereocenters. The summed E-state index contributed by atoms with van der Waals surface area (Å²) in [5, 5.41) is 2.62. The van der Waals surface area contributed by atoms with Crippen molar-refractivity contribution in [1.82, 2.24) is 0 Å². The lowest BCUT2D eigenvalue weighted by molar-refractivity contribution is 0.277. The van der Waals surface area contributed by atoms with Crippen molar-refractivity contribution < 1.29 is 4.74 Å². The molecule has 1 nitrogen and oxygen atoms in total. The van der Waals surface area contributed by atoms with Crippen LogP contribution in [0.2, 0.25) is 0 Å². The minimum atomic E-state index is 1.25. The second-order valence-electron chi connectivity index (χ2n) is 3.46. The molecule has 0 amide bonds. The average molecular weight is 218 g/mol. The van der Waals surface area contributed by atoms with Crippen molar-refractivity contribution in [3.8, 4) is 0 Å². The zero-order chi connectivity index (χ0) is 12.2. The van der Waals surface area contributed by atoms with Gasteiger partial charge in [-0.2, -0.15) is 0 Å². The first-order valence-corrected chi connectivity index (χ1v) is 5.64. The van der Waals surface area contributed by atoms with Gasteiger partial charge >= 0.3 is 0 Å². The van der Waals surface area contributed by atoms with Gasteiger partial charge in [0.25, 0.3) is 0 Å². The maximum atomic E-state index is 4.25. The molecule has 2 rings (SSSR count). The molecule has 1 heteroatoms. The van der Waals surface area contributed by atoms with Crippen LogP contribution in [0.3, 0.4) is 0 Å².